The Morgan fingerprint density at radius 3 is 2.38 bits per heavy atom. The Bertz CT molecular complexity index is 140. The minimum absolute atomic E-state index is 0.921. The lowest BCUT2D eigenvalue weighted by atomic mass is 9.74. The van der Waals surface area contributed by atoms with Gasteiger partial charge in [-0.25, -0.2) is 0 Å². The molecule has 0 aromatic heterocycles. The highest BCUT2D eigenvalue weighted by atomic mass is 14.3. The average Bonchev–Trinajstić information content (AvgIpc) is 2.16. The fraction of sp³-hybridized carbons (Fsp3) is 0.846. The summed E-state index contributed by atoms with van der Waals surface area (Å²) in [5, 5.41) is 0. The molecule has 1 atom stereocenters. The number of hydrogen-bond donors (Lipinski definition) is 0. The molecule has 1 fully saturated rings. The van der Waals surface area contributed by atoms with Crippen LogP contribution in [0.25, 0.3) is 0 Å². The van der Waals surface area contributed by atoms with E-state index in [4.69, 9.17) is 0 Å². The van der Waals surface area contributed by atoms with Crippen molar-refractivity contribution < 1.29 is 0 Å². The summed E-state index contributed by atoms with van der Waals surface area (Å²) in [6.45, 7) is 8.58. The normalized spacial score (nSPS) is 31.2. The molecule has 1 unspecified atom stereocenters. The van der Waals surface area contributed by atoms with E-state index in [1.807, 2.05) is 0 Å². The third-order valence-electron chi connectivity index (χ3n) is 3.72. The second kappa shape index (κ2) is 5.47. The highest BCUT2D eigenvalue weighted by Crippen LogP contribution is 2.35. The first-order chi connectivity index (χ1) is 6.27. The fourth-order valence-electron chi connectivity index (χ4n) is 2.66. The van der Waals surface area contributed by atoms with Gasteiger partial charge < -0.3 is 0 Å². The largest absolute Gasteiger partial charge is 0.103 e. The monoisotopic (exact) mass is 180 g/mol. The maximum Gasteiger partial charge on any atom is -0.0322 e. The van der Waals surface area contributed by atoms with Gasteiger partial charge in [-0.3, -0.25) is 0 Å². The molecule has 1 aliphatic carbocycles. The van der Waals surface area contributed by atoms with Crippen LogP contribution in [0.4, 0.5) is 0 Å². The minimum atomic E-state index is 0.921. The number of allylic oxidation sites excluding steroid dienone is 1. The van der Waals surface area contributed by atoms with Crippen LogP contribution in [0.3, 0.4) is 0 Å². The molecule has 0 heterocycles. The van der Waals surface area contributed by atoms with Crippen LogP contribution in [0.1, 0.15) is 52.4 Å². The molecule has 0 radical (unpaired) electrons. The first-order valence-corrected chi connectivity index (χ1v) is 5.88. The quantitative estimate of drug-likeness (QED) is 0.562. The molecule has 13 heavy (non-hydrogen) atoms. The molecule has 1 aliphatic rings. The van der Waals surface area contributed by atoms with Crippen LogP contribution in [0.2, 0.25) is 0 Å². The van der Waals surface area contributed by atoms with Gasteiger partial charge in [0.05, 0.1) is 0 Å². The molecule has 0 bridgehead atoms. The van der Waals surface area contributed by atoms with Crippen molar-refractivity contribution in [2.24, 2.45) is 17.8 Å². The van der Waals surface area contributed by atoms with Gasteiger partial charge in [0.15, 0.2) is 0 Å². The summed E-state index contributed by atoms with van der Waals surface area (Å²) in [6.07, 6.45) is 10.5. The number of hydrogen-bond acceptors (Lipinski definition) is 0. The molecule has 76 valence electrons. The summed E-state index contributed by atoms with van der Waals surface area (Å²) in [5.74, 6) is 2.90. The van der Waals surface area contributed by atoms with E-state index >= 15 is 0 Å². The van der Waals surface area contributed by atoms with Gasteiger partial charge in [-0.05, 0) is 37.0 Å². The highest BCUT2D eigenvalue weighted by molar-refractivity contribution is 4.80. The van der Waals surface area contributed by atoms with E-state index in [1.165, 1.54) is 38.5 Å². The molecule has 0 N–H and O–H groups in total. The summed E-state index contributed by atoms with van der Waals surface area (Å²) in [5.41, 5.74) is 0. The van der Waals surface area contributed by atoms with Gasteiger partial charge >= 0.3 is 0 Å². The van der Waals surface area contributed by atoms with E-state index in [9.17, 15) is 0 Å². The summed E-state index contributed by atoms with van der Waals surface area (Å²) in [7, 11) is 0. The molecule has 0 saturated heterocycles. The molecule has 0 spiro atoms. The highest BCUT2D eigenvalue weighted by Gasteiger charge is 2.23. The Labute approximate surface area is 83.4 Å². The molecule has 0 aliphatic heterocycles. The summed E-state index contributed by atoms with van der Waals surface area (Å²) >= 11 is 0. The number of rotatable bonds is 4. The second-order valence-corrected chi connectivity index (χ2v) is 4.71. The van der Waals surface area contributed by atoms with Crippen LogP contribution in [-0.4, -0.2) is 0 Å². The van der Waals surface area contributed by atoms with Crippen LogP contribution < -0.4 is 0 Å². The SMILES string of the molecule is C=CCC(CC)C1CCC(C)CC1. The molecule has 0 aromatic carbocycles. The van der Waals surface area contributed by atoms with Gasteiger partial charge in [0.1, 0.15) is 0 Å². The lowest BCUT2D eigenvalue weighted by Gasteiger charge is -2.31. The van der Waals surface area contributed by atoms with Gasteiger partial charge in [0.25, 0.3) is 0 Å². The molecular formula is C13H24. The van der Waals surface area contributed by atoms with Crippen molar-refractivity contribution in [3.05, 3.63) is 12.7 Å². The first-order valence-electron chi connectivity index (χ1n) is 5.88. The summed E-state index contributed by atoms with van der Waals surface area (Å²) < 4.78 is 0. The predicted octanol–water partition coefficient (Wildman–Crippen LogP) is 4.42. The van der Waals surface area contributed by atoms with E-state index < -0.39 is 0 Å². The van der Waals surface area contributed by atoms with Crippen LogP contribution >= 0.6 is 0 Å². The Morgan fingerprint density at radius 2 is 1.92 bits per heavy atom. The molecule has 0 nitrogen and oxygen atoms in total. The van der Waals surface area contributed by atoms with Gasteiger partial charge in [0.2, 0.25) is 0 Å². The Hall–Kier alpha value is -0.260. The van der Waals surface area contributed by atoms with E-state index in [0.29, 0.717) is 0 Å². The van der Waals surface area contributed by atoms with Crippen molar-refractivity contribution in [3.63, 3.8) is 0 Å². The van der Waals surface area contributed by atoms with Crippen molar-refractivity contribution in [2.45, 2.75) is 52.4 Å². The van der Waals surface area contributed by atoms with Crippen molar-refractivity contribution in [1.82, 2.24) is 0 Å². The standard InChI is InChI=1S/C13H24/c1-4-6-12(5-2)13-9-7-11(3)8-10-13/h4,11-13H,1,5-10H2,2-3H3. The molecule has 0 amide bonds. The maximum absolute atomic E-state index is 3.86. The zero-order valence-electron chi connectivity index (χ0n) is 9.26. The fourth-order valence-corrected chi connectivity index (χ4v) is 2.66. The predicted molar refractivity (Wildman–Crippen MR) is 59.7 cm³/mol. The van der Waals surface area contributed by atoms with Crippen LogP contribution in [0.15, 0.2) is 12.7 Å². The van der Waals surface area contributed by atoms with Gasteiger partial charge in [-0.15, -0.1) is 6.58 Å². The molecule has 0 heteroatoms. The molecule has 1 rings (SSSR count). The maximum atomic E-state index is 3.86. The Kier molecular flexibility index (Phi) is 4.55. The molecular weight excluding hydrogens is 156 g/mol. The third kappa shape index (κ3) is 3.17. The van der Waals surface area contributed by atoms with Gasteiger partial charge in [-0.1, -0.05) is 39.2 Å². The third-order valence-corrected chi connectivity index (χ3v) is 3.72. The van der Waals surface area contributed by atoms with Crippen LogP contribution in [0, 0.1) is 17.8 Å². The van der Waals surface area contributed by atoms with Gasteiger partial charge in [-0.2, -0.15) is 0 Å². The van der Waals surface area contributed by atoms with E-state index in [-0.39, 0.29) is 0 Å². The lowest BCUT2D eigenvalue weighted by molar-refractivity contribution is 0.208. The summed E-state index contributed by atoms with van der Waals surface area (Å²) in [4.78, 5) is 0. The molecule has 0 aromatic rings. The van der Waals surface area contributed by atoms with Crippen molar-refractivity contribution >= 4 is 0 Å². The first kappa shape index (κ1) is 10.8. The minimum Gasteiger partial charge on any atom is -0.103 e. The lowest BCUT2D eigenvalue weighted by Crippen LogP contribution is -2.20. The Balaban J connectivity index is 2.36. The van der Waals surface area contributed by atoms with Crippen LogP contribution in [-0.2, 0) is 0 Å². The van der Waals surface area contributed by atoms with Crippen molar-refractivity contribution in [3.8, 4) is 0 Å². The zero-order chi connectivity index (χ0) is 9.68. The van der Waals surface area contributed by atoms with Gasteiger partial charge in [0, 0.05) is 0 Å². The molecule has 1 saturated carbocycles. The Morgan fingerprint density at radius 1 is 1.31 bits per heavy atom. The van der Waals surface area contributed by atoms with E-state index in [2.05, 4.69) is 26.5 Å². The van der Waals surface area contributed by atoms with Crippen molar-refractivity contribution in [1.29, 1.82) is 0 Å². The van der Waals surface area contributed by atoms with Crippen LogP contribution in [0.5, 0.6) is 0 Å². The summed E-state index contributed by atoms with van der Waals surface area (Å²) in [6, 6.07) is 0. The van der Waals surface area contributed by atoms with E-state index in [0.717, 1.165) is 17.8 Å². The smallest absolute Gasteiger partial charge is 0.0322 e. The van der Waals surface area contributed by atoms with Crippen molar-refractivity contribution in [2.75, 3.05) is 0 Å². The topological polar surface area (TPSA) is 0 Å². The van der Waals surface area contributed by atoms with E-state index in [1.54, 1.807) is 0 Å². The zero-order valence-corrected chi connectivity index (χ0v) is 9.26. The second-order valence-electron chi connectivity index (χ2n) is 4.71. The average molecular weight is 180 g/mol.